The van der Waals surface area contributed by atoms with Gasteiger partial charge in [0.2, 0.25) is 5.75 Å². The molecule has 0 atom stereocenters. The summed E-state index contributed by atoms with van der Waals surface area (Å²) < 4.78 is 27.6. The Morgan fingerprint density at radius 3 is 2.27 bits per heavy atom. The fourth-order valence-corrected chi connectivity index (χ4v) is 3.93. The summed E-state index contributed by atoms with van der Waals surface area (Å²) in [4.78, 5) is 15.1. The van der Waals surface area contributed by atoms with Crippen LogP contribution in [0.5, 0.6) is 28.7 Å². The quantitative estimate of drug-likeness (QED) is 0.532. The van der Waals surface area contributed by atoms with Gasteiger partial charge in [0.25, 0.3) is 5.91 Å². The van der Waals surface area contributed by atoms with Crippen molar-refractivity contribution in [2.24, 2.45) is 0 Å². The molecular formula is C26H27NO6. The van der Waals surface area contributed by atoms with Crippen LogP contribution >= 0.6 is 0 Å². The number of carbonyl (C=O) groups excluding carboxylic acids is 1. The van der Waals surface area contributed by atoms with Crippen LogP contribution in [-0.2, 0) is 6.54 Å². The highest BCUT2D eigenvalue weighted by atomic mass is 16.5. The van der Waals surface area contributed by atoms with Crippen LogP contribution in [0.25, 0.3) is 11.1 Å². The van der Waals surface area contributed by atoms with Gasteiger partial charge in [0, 0.05) is 6.54 Å². The van der Waals surface area contributed by atoms with E-state index in [1.807, 2.05) is 48.5 Å². The van der Waals surface area contributed by atoms with Crippen LogP contribution in [0.15, 0.2) is 54.6 Å². The molecule has 0 bridgehead atoms. The molecule has 1 amide bonds. The Morgan fingerprint density at radius 2 is 1.61 bits per heavy atom. The van der Waals surface area contributed by atoms with E-state index in [0.29, 0.717) is 48.3 Å². The predicted octanol–water partition coefficient (Wildman–Crippen LogP) is 4.42. The van der Waals surface area contributed by atoms with Crippen molar-refractivity contribution in [1.29, 1.82) is 0 Å². The molecule has 1 aliphatic heterocycles. The van der Waals surface area contributed by atoms with Gasteiger partial charge in [0.05, 0.1) is 40.5 Å². The first-order chi connectivity index (χ1) is 16.1. The van der Waals surface area contributed by atoms with Crippen LogP contribution < -0.4 is 23.7 Å². The largest absolute Gasteiger partial charge is 0.497 e. The van der Waals surface area contributed by atoms with Gasteiger partial charge in [-0.25, -0.2) is 0 Å². The van der Waals surface area contributed by atoms with E-state index < -0.39 is 0 Å². The third-order valence-corrected chi connectivity index (χ3v) is 5.62. The molecule has 0 N–H and O–H groups in total. The van der Waals surface area contributed by atoms with Gasteiger partial charge in [-0.3, -0.25) is 4.79 Å². The maximum Gasteiger partial charge on any atom is 0.258 e. The Hall–Kier alpha value is -3.87. The third kappa shape index (κ3) is 4.53. The number of ether oxygens (including phenoxy) is 5. The molecule has 172 valence electrons. The highest BCUT2D eigenvalue weighted by Crippen LogP contribution is 2.42. The zero-order valence-corrected chi connectivity index (χ0v) is 19.2. The number of benzene rings is 3. The van der Waals surface area contributed by atoms with Gasteiger partial charge in [0.15, 0.2) is 11.5 Å². The average molecular weight is 450 g/mol. The Bertz CT molecular complexity index is 1130. The van der Waals surface area contributed by atoms with Gasteiger partial charge in [-0.05, 0) is 53.1 Å². The smallest absolute Gasteiger partial charge is 0.258 e. The van der Waals surface area contributed by atoms with Crippen molar-refractivity contribution in [2.75, 3.05) is 41.6 Å². The topological polar surface area (TPSA) is 66.5 Å². The summed E-state index contributed by atoms with van der Waals surface area (Å²) in [6.07, 6.45) is 0. The van der Waals surface area contributed by atoms with Crippen molar-refractivity contribution in [3.8, 4) is 39.9 Å². The molecule has 7 heteroatoms. The van der Waals surface area contributed by atoms with Crippen molar-refractivity contribution in [3.63, 3.8) is 0 Å². The van der Waals surface area contributed by atoms with Crippen molar-refractivity contribution < 1.29 is 28.5 Å². The number of hydrogen-bond donors (Lipinski definition) is 0. The molecule has 3 aromatic carbocycles. The van der Waals surface area contributed by atoms with Crippen LogP contribution in [0.3, 0.4) is 0 Å². The second-order valence-corrected chi connectivity index (χ2v) is 7.55. The van der Waals surface area contributed by atoms with E-state index in [2.05, 4.69) is 0 Å². The molecule has 0 saturated heterocycles. The minimum atomic E-state index is -0.0678. The molecule has 1 heterocycles. The first-order valence-electron chi connectivity index (χ1n) is 10.6. The van der Waals surface area contributed by atoms with Crippen LogP contribution in [0.4, 0.5) is 0 Å². The van der Waals surface area contributed by atoms with E-state index in [4.69, 9.17) is 23.7 Å². The summed E-state index contributed by atoms with van der Waals surface area (Å²) in [5.74, 6) is 2.90. The molecule has 1 aliphatic rings. The minimum Gasteiger partial charge on any atom is -0.497 e. The summed E-state index contributed by atoms with van der Waals surface area (Å²) in [5.41, 5.74) is 3.27. The molecule has 0 unspecified atom stereocenters. The van der Waals surface area contributed by atoms with E-state index in [1.165, 1.54) is 0 Å². The van der Waals surface area contributed by atoms with Gasteiger partial charge < -0.3 is 28.6 Å². The second kappa shape index (κ2) is 9.73. The summed E-state index contributed by atoms with van der Waals surface area (Å²) in [6, 6.07) is 17.1. The SMILES string of the molecule is COc1cccc(CN2CCOc3cc(-c4cc(OC)c(OC)c(OC)c4)ccc3C2=O)c1. The van der Waals surface area contributed by atoms with Crippen molar-refractivity contribution in [1.82, 2.24) is 4.90 Å². The molecule has 0 saturated carbocycles. The molecule has 7 nitrogen and oxygen atoms in total. The molecule has 0 fully saturated rings. The Morgan fingerprint density at radius 1 is 0.848 bits per heavy atom. The third-order valence-electron chi connectivity index (χ3n) is 5.62. The van der Waals surface area contributed by atoms with Gasteiger partial charge in [-0.1, -0.05) is 18.2 Å². The van der Waals surface area contributed by atoms with E-state index in [-0.39, 0.29) is 5.91 Å². The molecule has 0 aliphatic carbocycles. The zero-order chi connectivity index (χ0) is 23.4. The maximum absolute atomic E-state index is 13.3. The number of hydrogen-bond acceptors (Lipinski definition) is 6. The molecule has 0 spiro atoms. The first kappa shape index (κ1) is 22.3. The first-order valence-corrected chi connectivity index (χ1v) is 10.6. The van der Waals surface area contributed by atoms with E-state index in [9.17, 15) is 4.79 Å². The van der Waals surface area contributed by atoms with Crippen LogP contribution in [0, 0.1) is 0 Å². The Labute approximate surface area is 193 Å². The van der Waals surface area contributed by atoms with Gasteiger partial charge >= 0.3 is 0 Å². The van der Waals surface area contributed by atoms with E-state index >= 15 is 0 Å². The molecule has 0 radical (unpaired) electrons. The van der Waals surface area contributed by atoms with Crippen molar-refractivity contribution in [3.05, 3.63) is 65.7 Å². The van der Waals surface area contributed by atoms with Crippen LogP contribution in [0.2, 0.25) is 0 Å². The molecular weight excluding hydrogens is 422 g/mol. The molecule has 0 aromatic heterocycles. The van der Waals surface area contributed by atoms with Gasteiger partial charge in [-0.2, -0.15) is 0 Å². The van der Waals surface area contributed by atoms with E-state index in [1.54, 1.807) is 39.4 Å². The van der Waals surface area contributed by atoms with Crippen LogP contribution in [-0.4, -0.2) is 52.4 Å². The lowest BCUT2D eigenvalue weighted by atomic mass is 10.0. The molecule has 4 rings (SSSR count). The standard InChI is InChI=1S/C26H27NO6/c1-29-20-7-5-6-17(12-20)16-27-10-11-33-22-13-18(8-9-21(22)26(27)28)19-14-23(30-2)25(32-4)24(15-19)31-3/h5-9,12-15H,10-11,16H2,1-4H3. The normalized spacial score (nSPS) is 13.0. The Kier molecular flexibility index (Phi) is 6.58. The summed E-state index contributed by atoms with van der Waals surface area (Å²) >= 11 is 0. The van der Waals surface area contributed by atoms with Crippen LogP contribution in [0.1, 0.15) is 15.9 Å². The number of carbonyl (C=O) groups is 1. The van der Waals surface area contributed by atoms with Gasteiger partial charge in [0.1, 0.15) is 18.1 Å². The lowest BCUT2D eigenvalue weighted by molar-refractivity contribution is 0.0743. The lowest BCUT2D eigenvalue weighted by Gasteiger charge is -2.20. The maximum atomic E-state index is 13.3. The van der Waals surface area contributed by atoms with Crippen molar-refractivity contribution >= 4 is 5.91 Å². The number of nitrogens with zero attached hydrogens (tertiary/aromatic N) is 1. The summed E-state index contributed by atoms with van der Waals surface area (Å²) in [5, 5.41) is 0. The monoisotopic (exact) mass is 449 g/mol. The second-order valence-electron chi connectivity index (χ2n) is 7.55. The average Bonchev–Trinajstić information content (AvgIpc) is 3.01. The van der Waals surface area contributed by atoms with Gasteiger partial charge in [-0.15, -0.1) is 0 Å². The van der Waals surface area contributed by atoms with Crippen molar-refractivity contribution in [2.45, 2.75) is 6.54 Å². The predicted molar refractivity (Wildman–Crippen MR) is 125 cm³/mol. The molecule has 33 heavy (non-hydrogen) atoms. The highest BCUT2D eigenvalue weighted by Gasteiger charge is 2.24. The number of fused-ring (bicyclic) bond motifs is 1. The Balaban J connectivity index is 1.64. The molecule has 3 aromatic rings. The number of methoxy groups -OCH3 is 4. The fourth-order valence-electron chi connectivity index (χ4n) is 3.93. The zero-order valence-electron chi connectivity index (χ0n) is 19.2. The lowest BCUT2D eigenvalue weighted by Crippen LogP contribution is -2.31. The number of amides is 1. The fraction of sp³-hybridized carbons (Fsp3) is 0.269. The summed E-state index contributed by atoms with van der Waals surface area (Å²) in [7, 11) is 6.36. The number of rotatable bonds is 7. The highest BCUT2D eigenvalue weighted by molar-refractivity contribution is 5.98. The minimum absolute atomic E-state index is 0.0678. The van der Waals surface area contributed by atoms with E-state index in [0.717, 1.165) is 22.4 Å². The summed E-state index contributed by atoms with van der Waals surface area (Å²) in [6.45, 7) is 1.37.